The van der Waals surface area contributed by atoms with E-state index in [0.29, 0.717) is 11.3 Å². The van der Waals surface area contributed by atoms with Gasteiger partial charge in [-0.05, 0) is 42.5 Å². The topological polar surface area (TPSA) is 95.6 Å². The van der Waals surface area contributed by atoms with Gasteiger partial charge >= 0.3 is 0 Å². The Morgan fingerprint density at radius 3 is 2.22 bits per heavy atom. The Hall–Kier alpha value is -3.74. The van der Waals surface area contributed by atoms with Gasteiger partial charge < -0.3 is 10.6 Å². The summed E-state index contributed by atoms with van der Waals surface area (Å²) >= 11 is 0. The minimum atomic E-state index is -0.445. The minimum Gasteiger partial charge on any atom is -0.355 e. The van der Waals surface area contributed by atoms with Crippen LogP contribution in [0.2, 0.25) is 0 Å². The summed E-state index contributed by atoms with van der Waals surface area (Å²) in [7, 11) is 1.54. The largest absolute Gasteiger partial charge is 0.355 e. The van der Waals surface area contributed by atoms with E-state index in [1.165, 1.54) is 31.3 Å². The number of imide groups is 1. The van der Waals surface area contributed by atoms with E-state index >= 15 is 0 Å². The van der Waals surface area contributed by atoms with Crippen molar-refractivity contribution in [2.45, 2.75) is 0 Å². The number of fused-ring (bicyclic) bond motifs is 1. The summed E-state index contributed by atoms with van der Waals surface area (Å²) in [5, 5.41) is 5.21. The molecule has 7 nitrogen and oxygen atoms in total. The first kappa shape index (κ1) is 18.1. The number of amides is 4. The van der Waals surface area contributed by atoms with Crippen molar-refractivity contribution in [1.29, 1.82) is 0 Å². The van der Waals surface area contributed by atoms with Crippen LogP contribution in [0, 0.1) is 0 Å². The smallest absolute Gasteiger partial charge is 0.261 e. The lowest BCUT2D eigenvalue weighted by Gasteiger charge is -2.09. The summed E-state index contributed by atoms with van der Waals surface area (Å²) in [6.07, 6.45) is 1.47. The fourth-order valence-electron chi connectivity index (χ4n) is 2.78. The Labute approximate surface area is 155 Å². The van der Waals surface area contributed by atoms with Gasteiger partial charge in [0.2, 0.25) is 0 Å². The van der Waals surface area contributed by atoms with Crippen LogP contribution in [0.1, 0.15) is 41.4 Å². The zero-order chi connectivity index (χ0) is 19.6. The highest BCUT2D eigenvalue weighted by Gasteiger charge is 2.35. The molecule has 0 aromatic heterocycles. The molecule has 27 heavy (non-hydrogen) atoms. The van der Waals surface area contributed by atoms with Crippen LogP contribution in [0.5, 0.6) is 0 Å². The highest BCUT2D eigenvalue weighted by molar-refractivity contribution is 6.22. The zero-order valence-electron chi connectivity index (χ0n) is 14.6. The van der Waals surface area contributed by atoms with Crippen LogP contribution in [-0.4, -0.2) is 42.1 Å². The molecule has 1 aliphatic heterocycles. The summed E-state index contributed by atoms with van der Waals surface area (Å²) in [4.78, 5) is 49.6. The van der Waals surface area contributed by atoms with E-state index in [9.17, 15) is 19.2 Å². The van der Waals surface area contributed by atoms with E-state index in [2.05, 4.69) is 17.2 Å². The van der Waals surface area contributed by atoms with Gasteiger partial charge in [0, 0.05) is 30.4 Å². The number of carbonyl (C=O) groups is 4. The van der Waals surface area contributed by atoms with Crippen LogP contribution in [-0.2, 0) is 0 Å². The molecule has 2 aromatic rings. The van der Waals surface area contributed by atoms with Crippen LogP contribution in [0.3, 0.4) is 0 Å². The van der Waals surface area contributed by atoms with Gasteiger partial charge in [0.05, 0.1) is 11.1 Å². The van der Waals surface area contributed by atoms with E-state index in [1.807, 2.05) is 0 Å². The van der Waals surface area contributed by atoms with Gasteiger partial charge in [-0.2, -0.15) is 0 Å². The van der Waals surface area contributed by atoms with Gasteiger partial charge in [-0.3, -0.25) is 24.1 Å². The summed E-state index contributed by atoms with van der Waals surface area (Å²) in [5.74, 6) is -1.49. The lowest BCUT2D eigenvalue weighted by molar-refractivity contribution is 0.0671. The number of carbonyl (C=O) groups excluding carboxylic acids is 4. The van der Waals surface area contributed by atoms with Crippen molar-refractivity contribution in [1.82, 2.24) is 10.2 Å². The Morgan fingerprint density at radius 1 is 0.963 bits per heavy atom. The number of hydrogen-bond acceptors (Lipinski definition) is 4. The number of nitrogens with one attached hydrogen (secondary N) is 2. The zero-order valence-corrected chi connectivity index (χ0v) is 14.6. The minimum absolute atomic E-state index is 0.117. The van der Waals surface area contributed by atoms with Crippen molar-refractivity contribution < 1.29 is 19.2 Å². The third-order valence-electron chi connectivity index (χ3n) is 4.18. The van der Waals surface area contributed by atoms with Crippen molar-refractivity contribution in [2.75, 3.05) is 18.9 Å². The SMILES string of the molecule is C=CCN1C(=O)c2ccc(C(=O)Nc3ccc(C(=O)NC)cc3)cc2C1=O. The molecule has 3 rings (SSSR count). The fourth-order valence-corrected chi connectivity index (χ4v) is 2.78. The Kier molecular flexibility index (Phi) is 4.85. The standard InChI is InChI=1S/C20H17N3O4/c1-3-10-23-19(26)15-9-6-13(11-16(15)20(23)27)18(25)22-14-7-4-12(5-8-14)17(24)21-2/h3-9,11H,1,10H2,2H3,(H,21,24)(H,22,25). The summed E-state index contributed by atoms with van der Waals surface area (Å²) in [5.41, 5.74) is 1.70. The van der Waals surface area contributed by atoms with E-state index in [-0.39, 0.29) is 29.1 Å². The summed E-state index contributed by atoms with van der Waals surface area (Å²) < 4.78 is 0. The van der Waals surface area contributed by atoms with E-state index in [1.54, 1.807) is 24.3 Å². The number of rotatable bonds is 5. The lowest BCUT2D eigenvalue weighted by Crippen LogP contribution is -2.29. The highest BCUT2D eigenvalue weighted by Crippen LogP contribution is 2.24. The predicted molar refractivity (Wildman–Crippen MR) is 99.8 cm³/mol. The predicted octanol–water partition coefficient (Wildman–Crippen LogP) is 2.08. The molecule has 0 bridgehead atoms. The number of hydrogen-bond donors (Lipinski definition) is 2. The average molecular weight is 363 g/mol. The molecule has 2 aromatic carbocycles. The lowest BCUT2D eigenvalue weighted by atomic mass is 10.1. The first-order valence-corrected chi connectivity index (χ1v) is 8.21. The molecule has 0 atom stereocenters. The maximum atomic E-state index is 12.5. The Morgan fingerprint density at radius 2 is 1.59 bits per heavy atom. The molecule has 0 saturated heterocycles. The molecule has 0 unspecified atom stereocenters. The van der Waals surface area contributed by atoms with Crippen LogP contribution < -0.4 is 10.6 Å². The van der Waals surface area contributed by atoms with Gasteiger partial charge in [-0.1, -0.05) is 6.08 Å². The molecule has 7 heteroatoms. The molecule has 0 spiro atoms. The monoisotopic (exact) mass is 363 g/mol. The normalized spacial score (nSPS) is 12.6. The molecule has 1 heterocycles. The second-order valence-electron chi connectivity index (χ2n) is 5.88. The number of nitrogens with zero attached hydrogens (tertiary/aromatic N) is 1. The molecule has 0 fully saturated rings. The molecule has 0 aliphatic carbocycles. The third-order valence-corrected chi connectivity index (χ3v) is 4.18. The van der Waals surface area contributed by atoms with Gasteiger partial charge in [-0.15, -0.1) is 6.58 Å². The van der Waals surface area contributed by atoms with E-state index in [4.69, 9.17) is 0 Å². The summed E-state index contributed by atoms with van der Waals surface area (Å²) in [6, 6.07) is 10.8. The van der Waals surface area contributed by atoms with Crippen molar-refractivity contribution in [3.05, 3.63) is 77.4 Å². The molecular weight excluding hydrogens is 346 g/mol. The maximum absolute atomic E-state index is 12.5. The number of benzene rings is 2. The molecular formula is C20H17N3O4. The maximum Gasteiger partial charge on any atom is 0.261 e. The fraction of sp³-hybridized carbons (Fsp3) is 0.100. The van der Waals surface area contributed by atoms with Gasteiger partial charge in [0.25, 0.3) is 23.6 Å². The average Bonchev–Trinajstić information content (AvgIpc) is 2.92. The molecule has 1 aliphatic rings. The number of anilines is 1. The van der Waals surface area contributed by atoms with Crippen molar-refractivity contribution >= 4 is 29.3 Å². The van der Waals surface area contributed by atoms with E-state index < -0.39 is 17.7 Å². The van der Waals surface area contributed by atoms with Gasteiger partial charge in [-0.25, -0.2) is 0 Å². The van der Waals surface area contributed by atoms with Crippen LogP contribution in [0.4, 0.5) is 5.69 Å². The highest BCUT2D eigenvalue weighted by atomic mass is 16.2. The Balaban J connectivity index is 1.79. The van der Waals surface area contributed by atoms with Gasteiger partial charge in [0.15, 0.2) is 0 Å². The first-order chi connectivity index (χ1) is 13.0. The van der Waals surface area contributed by atoms with Crippen LogP contribution in [0.25, 0.3) is 0 Å². The van der Waals surface area contributed by atoms with Crippen molar-refractivity contribution in [3.63, 3.8) is 0 Å². The summed E-state index contributed by atoms with van der Waals surface area (Å²) in [6.45, 7) is 3.65. The Bertz CT molecular complexity index is 964. The second-order valence-corrected chi connectivity index (χ2v) is 5.88. The van der Waals surface area contributed by atoms with Crippen molar-refractivity contribution in [3.8, 4) is 0 Å². The van der Waals surface area contributed by atoms with Crippen LogP contribution in [0.15, 0.2) is 55.1 Å². The van der Waals surface area contributed by atoms with Crippen LogP contribution >= 0.6 is 0 Å². The quantitative estimate of drug-likeness (QED) is 0.628. The molecule has 0 saturated carbocycles. The molecule has 4 amide bonds. The third kappa shape index (κ3) is 3.35. The first-order valence-electron chi connectivity index (χ1n) is 8.21. The molecule has 2 N–H and O–H groups in total. The second kappa shape index (κ2) is 7.25. The van der Waals surface area contributed by atoms with E-state index in [0.717, 1.165) is 4.90 Å². The molecule has 136 valence electrons. The van der Waals surface area contributed by atoms with Crippen molar-refractivity contribution in [2.24, 2.45) is 0 Å². The van der Waals surface area contributed by atoms with Gasteiger partial charge in [0.1, 0.15) is 0 Å². The molecule has 0 radical (unpaired) electrons.